The molecule has 1 fully saturated rings. The summed E-state index contributed by atoms with van der Waals surface area (Å²) in [5.74, 6) is 0. The second-order valence-electron chi connectivity index (χ2n) is 7.32. The van der Waals surface area contributed by atoms with Crippen molar-refractivity contribution >= 4 is 0 Å². The van der Waals surface area contributed by atoms with Crippen LogP contribution in [-0.2, 0) is 9.47 Å². The maximum absolute atomic E-state index is 10.0. The van der Waals surface area contributed by atoms with Crippen molar-refractivity contribution in [2.24, 2.45) is 0 Å². The second kappa shape index (κ2) is 15.6. The van der Waals surface area contributed by atoms with Crippen LogP contribution in [0.15, 0.2) is 12.2 Å². The molecule has 1 aliphatic heterocycles. The Kier molecular flexibility index (Phi) is 14.1. The highest BCUT2D eigenvalue weighted by Crippen LogP contribution is 2.19. The molecule has 0 spiro atoms. The predicted octanol–water partition coefficient (Wildman–Crippen LogP) is 3.35. The third kappa shape index (κ3) is 10.0. The monoisotopic (exact) mass is 372 g/mol. The van der Waals surface area contributed by atoms with E-state index in [4.69, 9.17) is 14.6 Å². The van der Waals surface area contributed by atoms with E-state index in [0.717, 1.165) is 19.3 Å². The standard InChI is InChI=1S/C21H40O5/c1-2-3-4-5-6-7-8-9-10-11-12-13-14-15-25-21-18(23)17-26-19(16-22)20(21)24/h10-11,18-24H,2-9,12-17H2,1H3/b11-10+/t18-,19+,20+,21+/m1/s1. The molecule has 0 aromatic rings. The van der Waals surface area contributed by atoms with Crippen LogP contribution in [0.2, 0.25) is 0 Å². The molecular weight excluding hydrogens is 332 g/mol. The molecule has 0 amide bonds. The van der Waals surface area contributed by atoms with E-state index < -0.39 is 24.4 Å². The average Bonchev–Trinajstić information content (AvgIpc) is 2.64. The molecule has 5 heteroatoms. The van der Waals surface area contributed by atoms with Gasteiger partial charge in [-0.2, -0.15) is 0 Å². The van der Waals surface area contributed by atoms with Crippen molar-refractivity contribution in [3.8, 4) is 0 Å². The molecule has 26 heavy (non-hydrogen) atoms. The number of hydrogen-bond acceptors (Lipinski definition) is 5. The molecule has 1 aliphatic rings. The summed E-state index contributed by atoms with van der Waals surface area (Å²) in [5.41, 5.74) is 0. The van der Waals surface area contributed by atoms with Crippen LogP contribution < -0.4 is 0 Å². The van der Waals surface area contributed by atoms with E-state index in [1.807, 2.05) is 0 Å². The van der Waals surface area contributed by atoms with E-state index in [1.54, 1.807) is 0 Å². The predicted molar refractivity (Wildman–Crippen MR) is 104 cm³/mol. The van der Waals surface area contributed by atoms with Gasteiger partial charge in [-0.15, -0.1) is 0 Å². The number of unbranched alkanes of at least 4 members (excludes halogenated alkanes) is 9. The van der Waals surface area contributed by atoms with Crippen LogP contribution in [0, 0.1) is 0 Å². The summed E-state index contributed by atoms with van der Waals surface area (Å²) in [6, 6.07) is 0. The summed E-state index contributed by atoms with van der Waals surface area (Å²) in [4.78, 5) is 0. The summed E-state index contributed by atoms with van der Waals surface area (Å²) < 4.78 is 10.8. The molecule has 1 rings (SSSR count). The lowest BCUT2D eigenvalue weighted by Gasteiger charge is -2.37. The van der Waals surface area contributed by atoms with Crippen molar-refractivity contribution in [1.82, 2.24) is 0 Å². The van der Waals surface area contributed by atoms with Crippen molar-refractivity contribution < 1.29 is 24.8 Å². The van der Waals surface area contributed by atoms with Crippen molar-refractivity contribution in [1.29, 1.82) is 0 Å². The lowest BCUT2D eigenvalue weighted by molar-refractivity contribution is -0.210. The zero-order valence-electron chi connectivity index (χ0n) is 16.5. The summed E-state index contributed by atoms with van der Waals surface area (Å²) in [6.07, 6.45) is 15.0. The Balaban J connectivity index is 1.95. The minimum atomic E-state index is -0.981. The van der Waals surface area contributed by atoms with E-state index >= 15 is 0 Å². The number of aliphatic hydroxyl groups is 3. The summed E-state index contributed by atoms with van der Waals surface area (Å²) in [5, 5.41) is 29.0. The topological polar surface area (TPSA) is 79.2 Å². The third-order valence-corrected chi connectivity index (χ3v) is 4.97. The number of ether oxygens (including phenoxy) is 2. The first kappa shape index (κ1) is 23.6. The molecular formula is C21H40O5. The van der Waals surface area contributed by atoms with Gasteiger partial charge in [0.05, 0.1) is 13.2 Å². The minimum absolute atomic E-state index is 0.0916. The van der Waals surface area contributed by atoms with Crippen molar-refractivity contribution in [2.75, 3.05) is 19.8 Å². The quantitative estimate of drug-likeness (QED) is 0.303. The Labute approximate surface area is 159 Å². The van der Waals surface area contributed by atoms with E-state index in [1.165, 1.54) is 51.4 Å². The maximum atomic E-state index is 10.0. The molecule has 5 nitrogen and oxygen atoms in total. The SMILES string of the molecule is CCCCCCCCC/C=C/CCCCO[C@@H]1[C@@H](O)[C@H](CO)OC[C@H]1O. The molecule has 154 valence electrons. The lowest BCUT2D eigenvalue weighted by atomic mass is 10.0. The van der Waals surface area contributed by atoms with Crippen molar-refractivity contribution in [3.05, 3.63) is 12.2 Å². The van der Waals surface area contributed by atoms with Gasteiger partial charge < -0.3 is 24.8 Å². The molecule has 4 atom stereocenters. The summed E-state index contributed by atoms with van der Waals surface area (Å²) in [7, 11) is 0. The smallest absolute Gasteiger partial charge is 0.114 e. The molecule has 3 N–H and O–H groups in total. The fraction of sp³-hybridized carbons (Fsp3) is 0.905. The van der Waals surface area contributed by atoms with E-state index in [-0.39, 0.29) is 13.2 Å². The molecule has 1 saturated heterocycles. The van der Waals surface area contributed by atoms with E-state index in [0.29, 0.717) is 6.61 Å². The van der Waals surface area contributed by atoms with Crippen LogP contribution in [0.1, 0.15) is 77.6 Å². The lowest BCUT2D eigenvalue weighted by Crippen LogP contribution is -2.55. The van der Waals surface area contributed by atoms with Crippen LogP contribution in [-0.4, -0.2) is 59.6 Å². The first-order valence-electron chi connectivity index (χ1n) is 10.6. The largest absolute Gasteiger partial charge is 0.394 e. The highest BCUT2D eigenvalue weighted by atomic mass is 16.6. The normalized spacial score (nSPS) is 26.6. The first-order valence-corrected chi connectivity index (χ1v) is 10.6. The van der Waals surface area contributed by atoms with Crippen LogP contribution in [0.3, 0.4) is 0 Å². The van der Waals surface area contributed by atoms with Gasteiger partial charge in [0, 0.05) is 6.61 Å². The highest BCUT2D eigenvalue weighted by molar-refractivity contribution is 4.87. The van der Waals surface area contributed by atoms with Gasteiger partial charge in [0.25, 0.3) is 0 Å². The van der Waals surface area contributed by atoms with Gasteiger partial charge >= 0.3 is 0 Å². The Bertz CT molecular complexity index is 347. The van der Waals surface area contributed by atoms with Gasteiger partial charge in [0.2, 0.25) is 0 Å². The Morgan fingerprint density at radius 1 is 0.923 bits per heavy atom. The Morgan fingerprint density at radius 3 is 2.19 bits per heavy atom. The van der Waals surface area contributed by atoms with Gasteiger partial charge in [-0.25, -0.2) is 0 Å². The number of aliphatic hydroxyl groups excluding tert-OH is 3. The average molecular weight is 373 g/mol. The van der Waals surface area contributed by atoms with Gasteiger partial charge in [-0.3, -0.25) is 0 Å². The Hall–Kier alpha value is -0.460. The molecule has 0 radical (unpaired) electrons. The van der Waals surface area contributed by atoms with Crippen LogP contribution in [0.25, 0.3) is 0 Å². The molecule has 0 unspecified atom stereocenters. The molecule has 1 heterocycles. The summed E-state index contributed by atoms with van der Waals surface area (Å²) in [6.45, 7) is 2.58. The number of allylic oxidation sites excluding steroid dienone is 2. The van der Waals surface area contributed by atoms with Crippen LogP contribution >= 0.6 is 0 Å². The molecule has 0 aliphatic carbocycles. The summed E-state index contributed by atoms with van der Waals surface area (Å²) >= 11 is 0. The van der Waals surface area contributed by atoms with Gasteiger partial charge in [0.15, 0.2) is 0 Å². The molecule has 0 aromatic heterocycles. The van der Waals surface area contributed by atoms with E-state index in [9.17, 15) is 10.2 Å². The highest BCUT2D eigenvalue weighted by Gasteiger charge is 2.38. The first-order chi connectivity index (χ1) is 12.7. The number of hydrogen-bond donors (Lipinski definition) is 3. The van der Waals surface area contributed by atoms with Gasteiger partial charge in [-0.1, -0.05) is 57.6 Å². The molecule has 0 aromatic carbocycles. The third-order valence-electron chi connectivity index (χ3n) is 4.97. The molecule has 0 saturated carbocycles. The fourth-order valence-corrected chi connectivity index (χ4v) is 3.26. The zero-order chi connectivity index (χ0) is 19.0. The Morgan fingerprint density at radius 2 is 1.54 bits per heavy atom. The maximum Gasteiger partial charge on any atom is 0.114 e. The number of rotatable bonds is 15. The van der Waals surface area contributed by atoms with Crippen LogP contribution in [0.5, 0.6) is 0 Å². The van der Waals surface area contributed by atoms with Gasteiger partial charge in [0.1, 0.15) is 24.4 Å². The second-order valence-corrected chi connectivity index (χ2v) is 7.32. The van der Waals surface area contributed by atoms with Crippen LogP contribution in [0.4, 0.5) is 0 Å². The minimum Gasteiger partial charge on any atom is -0.394 e. The molecule has 0 bridgehead atoms. The van der Waals surface area contributed by atoms with Crippen molar-refractivity contribution in [3.63, 3.8) is 0 Å². The zero-order valence-corrected chi connectivity index (χ0v) is 16.5. The van der Waals surface area contributed by atoms with Gasteiger partial charge in [-0.05, 0) is 32.1 Å². The van der Waals surface area contributed by atoms with Crippen molar-refractivity contribution in [2.45, 2.75) is 102 Å². The van der Waals surface area contributed by atoms with E-state index in [2.05, 4.69) is 19.1 Å². The fourth-order valence-electron chi connectivity index (χ4n) is 3.26.